The third-order valence-electron chi connectivity index (χ3n) is 4.35. The monoisotopic (exact) mass is 454 g/mol. The first-order valence-corrected chi connectivity index (χ1v) is 10.1. The Bertz CT molecular complexity index is 1090. The summed E-state index contributed by atoms with van der Waals surface area (Å²) in [5, 5.41) is 20.6. The van der Waals surface area contributed by atoms with Gasteiger partial charge in [-0.15, -0.1) is 0 Å². The number of nitrogens with one attached hydrogen (secondary N) is 3. The summed E-state index contributed by atoms with van der Waals surface area (Å²) >= 11 is 11.3. The first-order chi connectivity index (χ1) is 14.9. The van der Waals surface area contributed by atoms with E-state index in [1.54, 1.807) is 12.1 Å². The van der Waals surface area contributed by atoms with E-state index in [-0.39, 0.29) is 16.3 Å². The van der Waals surface area contributed by atoms with Crippen molar-refractivity contribution in [1.29, 1.82) is 0 Å². The van der Waals surface area contributed by atoms with Crippen molar-refractivity contribution in [3.05, 3.63) is 99.1 Å². The fourth-order valence-corrected chi connectivity index (χ4v) is 3.19. The Morgan fingerprint density at radius 3 is 2.32 bits per heavy atom. The van der Waals surface area contributed by atoms with Crippen molar-refractivity contribution in [2.75, 3.05) is 17.2 Å². The molecule has 1 amide bonds. The lowest BCUT2D eigenvalue weighted by Crippen LogP contribution is -2.30. The molecule has 3 aromatic carbocycles. The van der Waals surface area contributed by atoms with E-state index in [0.29, 0.717) is 17.3 Å². The van der Waals surface area contributed by atoms with E-state index in [9.17, 15) is 14.9 Å². The van der Waals surface area contributed by atoms with Crippen LogP contribution in [0.1, 0.15) is 15.9 Å². The first-order valence-electron chi connectivity index (χ1n) is 9.36. The van der Waals surface area contributed by atoms with E-state index in [2.05, 4.69) is 16.0 Å². The molecule has 0 aliphatic heterocycles. The summed E-state index contributed by atoms with van der Waals surface area (Å²) in [4.78, 5) is 22.8. The summed E-state index contributed by atoms with van der Waals surface area (Å²) in [5.41, 5.74) is 2.39. The van der Waals surface area contributed by atoms with Crippen molar-refractivity contribution in [3.63, 3.8) is 0 Å². The van der Waals surface area contributed by atoms with Gasteiger partial charge in [-0.1, -0.05) is 41.9 Å². The number of hydrogen-bond donors (Lipinski definition) is 3. The Morgan fingerprint density at radius 2 is 1.65 bits per heavy atom. The number of halogens is 1. The molecule has 7 nitrogen and oxygen atoms in total. The van der Waals surface area contributed by atoms with Gasteiger partial charge < -0.3 is 16.0 Å². The normalized spacial score (nSPS) is 10.2. The quantitative estimate of drug-likeness (QED) is 0.263. The van der Waals surface area contributed by atoms with Crippen LogP contribution in [-0.4, -0.2) is 22.5 Å². The highest BCUT2D eigenvalue weighted by atomic mass is 35.5. The number of nitrogens with zero attached hydrogens (tertiary/aromatic N) is 1. The van der Waals surface area contributed by atoms with Gasteiger partial charge in [-0.05, 0) is 54.5 Å². The summed E-state index contributed by atoms with van der Waals surface area (Å²) in [6, 6.07) is 20.7. The lowest BCUT2D eigenvalue weighted by atomic mass is 10.1. The molecule has 158 valence electrons. The zero-order valence-electron chi connectivity index (χ0n) is 16.3. The number of nitro groups is 1. The molecule has 3 rings (SSSR count). The van der Waals surface area contributed by atoms with Crippen LogP contribution in [0.25, 0.3) is 0 Å². The Balaban J connectivity index is 1.51. The first kappa shape index (κ1) is 22.2. The molecule has 0 aliphatic carbocycles. The van der Waals surface area contributed by atoms with Gasteiger partial charge in [0.25, 0.3) is 11.6 Å². The SMILES string of the molecule is O=C(Nc1ccc(CCNC(=S)Nc2ccccc2)cc1)c1cc([N+](=O)[O-])ccc1Cl. The zero-order valence-corrected chi connectivity index (χ0v) is 17.9. The van der Waals surface area contributed by atoms with E-state index >= 15 is 0 Å². The van der Waals surface area contributed by atoms with E-state index in [1.807, 2.05) is 42.5 Å². The summed E-state index contributed by atoms with van der Waals surface area (Å²) in [5.74, 6) is -0.513. The molecule has 0 radical (unpaired) electrons. The number of benzene rings is 3. The second-order valence-corrected chi connectivity index (χ2v) is 7.38. The van der Waals surface area contributed by atoms with Crippen LogP contribution in [0, 0.1) is 10.1 Å². The highest BCUT2D eigenvalue weighted by Gasteiger charge is 2.16. The van der Waals surface area contributed by atoms with Gasteiger partial charge in [-0.3, -0.25) is 14.9 Å². The largest absolute Gasteiger partial charge is 0.362 e. The highest BCUT2D eigenvalue weighted by molar-refractivity contribution is 7.80. The third-order valence-corrected chi connectivity index (χ3v) is 4.92. The predicted molar refractivity (Wildman–Crippen MR) is 127 cm³/mol. The van der Waals surface area contributed by atoms with Crippen LogP contribution in [0.2, 0.25) is 5.02 Å². The van der Waals surface area contributed by atoms with Crippen molar-refractivity contribution in [2.45, 2.75) is 6.42 Å². The molecule has 0 spiro atoms. The van der Waals surface area contributed by atoms with Gasteiger partial charge in [-0.2, -0.15) is 0 Å². The van der Waals surface area contributed by atoms with Crippen LogP contribution in [0.4, 0.5) is 17.1 Å². The Kier molecular flexibility index (Phi) is 7.53. The molecule has 0 bridgehead atoms. The molecule has 0 atom stereocenters. The number of rotatable bonds is 7. The van der Waals surface area contributed by atoms with Crippen LogP contribution in [0.3, 0.4) is 0 Å². The molecule has 0 unspecified atom stereocenters. The number of para-hydroxylation sites is 1. The van der Waals surface area contributed by atoms with Gasteiger partial charge in [0.2, 0.25) is 0 Å². The fraction of sp³-hybridized carbons (Fsp3) is 0.0909. The summed E-state index contributed by atoms with van der Waals surface area (Å²) in [6.45, 7) is 0.646. The zero-order chi connectivity index (χ0) is 22.2. The maximum Gasteiger partial charge on any atom is 0.270 e. The standard InChI is InChI=1S/C22H19ClN4O3S/c23-20-11-10-18(27(29)30)14-19(20)21(28)25-17-8-6-15(7-9-17)12-13-24-22(31)26-16-4-2-1-3-5-16/h1-11,14H,12-13H2,(H,25,28)(H2,24,26,31). The number of thiocarbonyl (C=S) groups is 1. The molecule has 3 N–H and O–H groups in total. The number of nitro benzene ring substituents is 1. The summed E-state index contributed by atoms with van der Waals surface area (Å²) in [7, 11) is 0. The number of amides is 1. The molecule has 0 saturated heterocycles. The minimum absolute atomic E-state index is 0.0450. The lowest BCUT2D eigenvalue weighted by molar-refractivity contribution is -0.384. The van der Waals surface area contributed by atoms with E-state index in [1.165, 1.54) is 12.1 Å². The van der Waals surface area contributed by atoms with Gasteiger partial charge in [0, 0.05) is 30.1 Å². The Morgan fingerprint density at radius 1 is 0.968 bits per heavy atom. The summed E-state index contributed by atoms with van der Waals surface area (Å²) in [6.07, 6.45) is 0.738. The molecule has 31 heavy (non-hydrogen) atoms. The molecule has 3 aromatic rings. The van der Waals surface area contributed by atoms with Gasteiger partial charge in [0.1, 0.15) is 0 Å². The maximum atomic E-state index is 12.4. The van der Waals surface area contributed by atoms with Crippen LogP contribution < -0.4 is 16.0 Å². The van der Waals surface area contributed by atoms with Crippen LogP contribution in [0.5, 0.6) is 0 Å². The highest BCUT2D eigenvalue weighted by Crippen LogP contribution is 2.23. The topological polar surface area (TPSA) is 96.3 Å². The smallest absolute Gasteiger partial charge is 0.270 e. The van der Waals surface area contributed by atoms with Crippen molar-refractivity contribution >= 4 is 51.9 Å². The molecule has 0 fully saturated rings. The molecule has 0 aliphatic rings. The third kappa shape index (κ3) is 6.50. The number of carbonyl (C=O) groups excluding carboxylic acids is 1. The van der Waals surface area contributed by atoms with Gasteiger partial charge >= 0.3 is 0 Å². The molecule has 9 heteroatoms. The van der Waals surface area contributed by atoms with Gasteiger partial charge in [0.15, 0.2) is 5.11 Å². The van der Waals surface area contributed by atoms with E-state index in [0.717, 1.165) is 23.7 Å². The van der Waals surface area contributed by atoms with E-state index in [4.69, 9.17) is 23.8 Å². The lowest BCUT2D eigenvalue weighted by Gasteiger charge is -2.11. The van der Waals surface area contributed by atoms with Crippen LogP contribution in [-0.2, 0) is 6.42 Å². The van der Waals surface area contributed by atoms with E-state index < -0.39 is 10.8 Å². The van der Waals surface area contributed by atoms with Crippen LogP contribution >= 0.6 is 23.8 Å². The second-order valence-electron chi connectivity index (χ2n) is 6.57. The molecular weight excluding hydrogens is 436 g/mol. The average molecular weight is 455 g/mol. The Hall–Kier alpha value is -3.49. The van der Waals surface area contributed by atoms with Gasteiger partial charge in [-0.25, -0.2) is 0 Å². The van der Waals surface area contributed by atoms with Gasteiger partial charge in [0.05, 0.1) is 15.5 Å². The molecule has 0 aromatic heterocycles. The van der Waals surface area contributed by atoms with Crippen LogP contribution in [0.15, 0.2) is 72.8 Å². The minimum Gasteiger partial charge on any atom is -0.362 e. The van der Waals surface area contributed by atoms with Crippen molar-refractivity contribution < 1.29 is 9.72 Å². The maximum absolute atomic E-state index is 12.4. The van der Waals surface area contributed by atoms with Crippen molar-refractivity contribution in [1.82, 2.24) is 5.32 Å². The predicted octanol–water partition coefficient (Wildman–Crippen LogP) is 5.03. The summed E-state index contributed by atoms with van der Waals surface area (Å²) < 4.78 is 0. The number of anilines is 2. The number of non-ortho nitro benzene ring substituents is 1. The number of carbonyl (C=O) groups is 1. The molecule has 0 saturated carbocycles. The molecule has 0 heterocycles. The van der Waals surface area contributed by atoms with Crippen molar-refractivity contribution in [3.8, 4) is 0 Å². The number of hydrogen-bond acceptors (Lipinski definition) is 4. The molecular formula is C22H19ClN4O3S. The van der Waals surface area contributed by atoms with Crippen molar-refractivity contribution in [2.24, 2.45) is 0 Å². The Labute approximate surface area is 189 Å². The second kappa shape index (κ2) is 10.5. The fourth-order valence-electron chi connectivity index (χ4n) is 2.77. The average Bonchev–Trinajstić information content (AvgIpc) is 2.75. The minimum atomic E-state index is -0.572.